The third kappa shape index (κ3) is 4.26. The van der Waals surface area contributed by atoms with Crippen LogP contribution in [0.15, 0.2) is 0 Å². The minimum absolute atomic E-state index is 0.814. The van der Waals surface area contributed by atoms with Gasteiger partial charge in [0.15, 0.2) is 0 Å². The van der Waals surface area contributed by atoms with Crippen LogP contribution in [-0.4, -0.2) is 36.6 Å². The lowest BCUT2D eigenvalue weighted by Gasteiger charge is -2.33. The fraction of sp³-hybridized carbons (Fsp3) is 1.00. The maximum Gasteiger partial charge on any atom is 0.00927 e. The molecule has 1 aliphatic heterocycles. The molecule has 2 heteroatoms. The minimum atomic E-state index is 0.814. The van der Waals surface area contributed by atoms with Crippen molar-refractivity contribution in [2.75, 3.05) is 19.6 Å². The van der Waals surface area contributed by atoms with E-state index in [-0.39, 0.29) is 0 Å². The standard InChI is InChI=1S/C15H30N2/c1-3-15(14-8-9-14)16-10-6-12-17-11-5-4-7-13(17)2/h13-16H,3-12H2,1-2H3. The summed E-state index contributed by atoms with van der Waals surface area (Å²) in [5.74, 6) is 1.01. The monoisotopic (exact) mass is 238 g/mol. The minimum Gasteiger partial charge on any atom is -0.314 e. The number of hydrogen-bond donors (Lipinski definition) is 1. The Morgan fingerprint density at radius 3 is 2.71 bits per heavy atom. The highest BCUT2D eigenvalue weighted by Gasteiger charge is 2.29. The molecule has 0 bridgehead atoms. The van der Waals surface area contributed by atoms with E-state index in [2.05, 4.69) is 24.1 Å². The molecule has 1 saturated carbocycles. The molecule has 2 atom stereocenters. The zero-order chi connectivity index (χ0) is 12.1. The Hall–Kier alpha value is -0.0800. The molecule has 0 aromatic carbocycles. The van der Waals surface area contributed by atoms with Gasteiger partial charge in [0.2, 0.25) is 0 Å². The number of piperidine rings is 1. The van der Waals surface area contributed by atoms with E-state index in [1.54, 1.807) is 0 Å². The lowest BCUT2D eigenvalue weighted by molar-refractivity contribution is 0.158. The van der Waals surface area contributed by atoms with E-state index in [9.17, 15) is 0 Å². The molecule has 0 spiro atoms. The Morgan fingerprint density at radius 1 is 1.24 bits per heavy atom. The second-order valence-electron chi connectivity index (χ2n) is 6.04. The van der Waals surface area contributed by atoms with E-state index >= 15 is 0 Å². The van der Waals surface area contributed by atoms with Crippen LogP contribution in [0.3, 0.4) is 0 Å². The van der Waals surface area contributed by atoms with Crippen LogP contribution in [0.25, 0.3) is 0 Å². The summed E-state index contributed by atoms with van der Waals surface area (Å²) >= 11 is 0. The summed E-state index contributed by atoms with van der Waals surface area (Å²) in [6, 6.07) is 1.64. The Kier molecular flexibility index (Phi) is 5.30. The fourth-order valence-electron chi connectivity index (χ4n) is 3.20. The molecule has 2 unspecified atom stereocenters. The van der Waals surface area contributed by atoms with Crippen LogP contribution in [0.5, 0.6) is 0 Å². The maximum absolute atomic E-state index is 3.76. The van der Waals surface area contributed by atoms with Crippen molar-refractivity contribution >= 4 is 0 Å². The van der Waals surface area contributed by atoms with Gasteiger partial charge < -0.3 is 10.2 Å². The molecule has 1 aliphatic carbocycles. The first-order chi connectivity index (χ1) is 8.31. The van der Waals surface area contributed by atoms with Crippen molar-refractivity contribution in [2.45, 2.75) is 70.9 Å². The Morgan fingerprint density at radius 2 is 2.06 bits per heavy atom. The summed E-state index contributed by atoms with van der Waals surface area (Å²) in [5, 5.41) is 3.76. The van der Waals surface area contributed by atoms with Crippen LogP contribution >= 0.6 is 0 Å². The molecule has 100 valence electrons. The molecule has 0 amide bonds. The molecule has 2 aliphatic rings. The van der Waals surface area contributed by atoms with E-state index < -0.39 is 0 Å². The SMILES string of the molecule is CCC(NCCCN1CCCCC1C)C1CC1. The number of nitrogens with zero attached hydrogens (tertiary/aromatic N) is 1. The van der Waals surface area contributed by atoms with Crippen LogP contribution in [0, 0.1) is 5.92 Å². The summed E-state index contributed by atoms with van der Waals surface area (Å²) in [4.78, 5) is 2.68. The Labute approximate surface area is 107 Å². The lowest BCUT2D eigenvalue weighted by Crippen LogP contribution is -2.39. The van der Waals surface area contributed by atoms with E-state index in [0.29, 0.717) is 0 Å². The zero-order valence-corrected chi connectivity index (χ0v) is 11.8. The molecule has 2 fully saturated rings. The highest BCUT2D eigenvalue weighted by Crippen LogP contribution is 2.33. The highest BCUT2D eigenvalue weighted by atomic mass is 15.2. The molecule has 0 aromatic heterocycles. The average Bonchev–Trinajstić information content (AvgIpc) is 3.16. The number of hydrogen-bond acceptors (Lipinski definition) is 2. The normalized spacial score (nSPS) is 28.2. The van der Waals surface area contributed by atoms with E-state index in [0.717, 1.165) is 18.0 Å². The molecule has 17 heavy (non-hydrogen) atoms. The van der Waals surface area contributed by atoms with Crippen molar-refractivity contribution in [1.82, 2.24) is 10.2 Å². The quantitative estimate of drug-likeness (QED) is 0.686. The third-order valence-electron chi connectivity index (χ3n) is 4.60. The van der Waals surface area contributed by atoms with E-state index in [4.69, 9.17) is 0 Å². The molecular formula is C15H30N2. The van der Waals surface area contributed by atoms with Crippen LogP contribution < -0.4 is 5.32 Å². The summed E-state index contributed by atoms with van der Waals surface area (Å²) in [6.45, 7) is 8.57. The van der Waals surface area contributed by atoms with Crippen molar-refractivity contribution in [3.63, 3.8) is 0 Å². The van der Waals surface area contributed by atoms with Gasteiger partial charge in [-0.25, -0.2) is 0 Å². The number of nitrogens with one attached hydrogen (secondary N) is 1. The van der Waals surface area contributed by atoms with Crippen molar-refractivity contribution in [1.29, 1.82) is 0 Å². The Bertz CT molecular complexity index is 213. The van der Waals surface area contributed by atoms with Gasteiger partial charge in [-0.1, -0.05) is 13.3 Å². The highest BCUT2D eigenvalue weighted by molar-refractivity contribution is 4.85. The van der Waals surface area contributed by atoms with Crippen molar-refractivity contribution in [3.8, 4) is 0 Å². The van der Waals surface area contributed by atoms with Crippen molar-refractivity contribution in [3.05, 3.63) is 0 Å². The first-order valence-electron chi connectivity index (χ1n) is 7.78. The smallest absolute Gasteiger partial charge is 0.00927 e. The van der Waals surface area contributed by atoms with Gasteiger partial charge in [-0.05, 0) is 71.0 Å². The third-order valence-corrected chi connectivity index (χ3v) is 4.60. The largest absolute Gasteiger partial charge is 0.314 e. The molecule has 2 rings (SSSR count). The molecule has 1 N–H and O–H groups in total. The van der Waals surface area contributed by atoms with Gasteiger partial charge in [-0.2, -0.15) is 0 Å². The first kappa shape index (κ1) is 13.4. The molecule has 1 heterocycles. The van der Waals surface area contributed by atoms with E-state index in [1.165, 1.54) is 64.6 Å². The number of rotatable bonds is 7. The fourth-order valence-corrected chi connectivity index (χ4v) is 3.20. The number of likely N-dealkylation sites (tertiary alicyclic amines) is 1. The zero-order valence-electron chi connectivity index (χ0n) is 11.8. The predicted molar refractivity (Wildman–Crippen MR) is 74.3 cm³/mol. The molecule has 0 aromatic rings. The van der Waals surface area contributed by atoms with Crippen LogP contribution in [0.2, 0.25) is 0 Å². The Balaban J connectivity index is 1.55. The summed E-state index contributed by atoms with van der Waals surface area (Å²) in [5.41, 5.74) is 0. The molecular weight excluding hydrogens is 208 g/mol. The van der Waals surface area contributed by atoms with Gasteiger partial charge in [-0.3, -0.25) is 0 Å². The second-order valence-corrected chi connectivity index (χ2v) is 6.04. The average molecular weight is 238 g/mol. The van der Waals surface area contributed by atoms with Crippen molar-refractivity contribution in [2.24, 2.45) is 5.92 Å². The lowest BCUT2D eigenvalue weighted by atomic mass is 10.0. The van der Waals surface area contributed by atoms with Gasteiger partial charge in [0, 0.05) is 12.1 Å². The predicted octanol–water partition coefficient (Wildman–Crippen LogP) is 3.03. The van der Waals surface area contributed by atoms with Gasteiger partial charge in [0.1, 0.15) is 0 Å². The summed E-state index contributed by atoms with van der Waals surface area (Å²) in [6.07, 6.45) is 9.84. The van der Waals surface area contributed by atoms with Crippen LogP contribution in [0.1, 0.15) is 58.8 Å². The van der Waals surface area contributed by atoms with Gasteiger partial charge >= 0.3 is 0 Å². The second kappa shape index (κ2) is 6.75. The molecule has 2 nitrogen and oxygen atoms in total. The molecule has 0 radical (unpaired) electrons. The summed E-state index contributed by atoms with van der Waals surface area (Å²) < 4.78 is 0. The van der Waals surface area contributed by atoms with Crippen molar-refractivity contribution < 1.29 is 0 Å². The maximum atomic E-state index is 3.76. The van der Waals surface area contributed by atoms with E-state index in [1.807, 2.05) is 0 Å². The molecule has 1 saturated heterocycles. The van der Waals surface area contributed by atoms with Gasteiger partial charge in [-0.15, -0.1) is 0 Å². The summed E-state index contributed by atoms with van der Waals surface area (Å²) in [7, 11) is 0. The van der Waals surface area contributed by atoms with Gasteiger partial charge in [0.25, 0.3) is 0 Å². The van der Waals surface area contributed by atoms with Crippen LogP contribution in [0.4, 0.5) is 0 Å². The first-order valence-corrected chi connectivity index (χ1v) is 7.78. The van der Waals surface area contributed by atoms with Gasteiger partial charge in [0.05, 0.1) is 0 Å². The topological polar surface area (TPSA) is 15.3 Å². The van der Waals surface area contributed by atoms with Crippen LogP contribution in [-0.2, 0) is 0 Å².